The van der Waals surface area contributed by atoms with Crippen molar-refractivity contribution in [2.24, 2.45) is 0 Å². The first-order valence-corrected chi connectivity index (χ1v) is 6.23. The molecule has 1 aromatic carbocycles. The van der Waals surface area contributed by atoms with Gasteiger partial charge in [-0.2, -0.15) is 0 Å². The molecule has 0 aliphatic heterocycles. The van der Waals surface area contributed by atoms with Crippen molar-refractivity contribution in [3.63, 3.8) is 0 Å². The maximum absolute atomic E-state index is 6.00. The molecule has 0 aliphatic rings. The minimum Gasteiger partial charge on any atom is -0.354 e. The number of nitrogens with zero attached hydrogens (tertiary/aromatic N) is 2. The van der Waals surface area contributed by atoms with Crippen LogP contribution in [0.25, 0.3) is 11.3 Å². The van der Waals surface area contributed by atoms with E-state index in [0.29, 0.717) is 0 Å². The van der Waals surface area contributed by atoms with E-state index in [9.17, 15) is 0 Å². The zero-order valence-corrected chi connectivity index (χ0v) is 11.1. The van der Waals surface area contributed by atoms with E-state index in [1.807, 2.05) is 38.1 Å². The van der Waals surface area contributed by atoms with Crippen LogP contribution >= 0.6 is 22.9 Å². The van der Waals surface area contributed by atoms with E-state index in [4.69, 9.17) is 11.6 Å². The minimum atomic E-state index is 0.798. The Morgan fingerprint density at radius 1 is 1.31 bits per heavy atom. The van der Waals surface area contributed by atoms with E-state index in [-0.39, 0.29) is 0 Å². The molecule has 0 bridgehead atoms. The van der Waals surface area contributed by atoms with Crippen molar-refractivity contribution in [2.75, 3.05) is 19.0 Å². The first kappa shape index (κ1) is 11.4. The molecule has 4 heteroatoms. The summed E-state index contributed by atoms with van der Waals surface area (Å²) in [6.07, 6.45) is 0. The highest BCUT2D eigenvalue weighted by atomic mass is 35.5. The van der Waals surface area contributed by atoms with Crippen LogP contribution < -0.4 is 4.90 Å². The summed E-state index contributed by atoms with van der Waals surface area (Å²) < 4.78 is 0. The van der Waals surface area contributed by atoms with Gasteiger partial charge in [-0.15, -0.1) is 11.3 Å². The molecule has 0 atom stereocenters. The van der Waals surface area contributed by atoms with Crippen LogP contribution in [0.3, 0.4) is 0 Å². The van der Waals surface area contributed by atoms with E-state index in [2.05, 4.69) is 16.4 Å². The van der Waals surface area contributed by atoms with Gasteiger partial charge in [-0.05, 0) is 24.6 Å². The molecule has 0 saturated carbocycles. The van der Waals surface area contributed by atoms with Crippen LogP contribution in [-0.2, 0) is 0 Å². The Bertz CT molecular complexity index is 505. The Labute approximate surface area is 105 Å². The summed E-state index contributed by atoms with van der Waals surface area (Å²) in [7, 11) is 3.99. The summed E-state index contributed by atoms with van der Waals surface area (Å²) in [5.41, 5.74) is 3.21. The number of thiazole rings is 1. The van der Waals surface area contributed by atoms with Crippen LogP contribution in [0, 0.1) is 6.92 Å². The molecule has 0 radical (unpaired) electrons. The highest BCUT2D eigenvalue weighted by Crippen LogP contribution is 2.28. The van der Waals surface area contributed by atoms with Gasteiger partial charge in [0.1, 0.15) is 0 Å². The molecule has 0 amide bonds. The van der Waals surface area contributed by atoms with Crippen LogP contribution in [0.2, 0.25) is 5.02 Å². The minimum absolute atomic E-state index is 0.798. The maximum Gasteiger partial charge on any atom is 0.185 e. The van der Waals surface area contributed by atoms with Gasteiger partial charge >= 0.3 is 0 Å². The lowest BCUT2D eigenvalue weighted by atomic mass is 10.1. The average Bonchev–Trinajstić information content (AvgIpc) is 2.71. The molecule has 0 saturated heterocycles. The van der Waals surface area contributed by atoms with Crippen molar-refractivity contribution in [1.29, 1.82) is 0 Å². The number of benzene rings is 1. The van der Waals surface area contributed by atoms with E-state index >= 15 is 0 Å². The fourth-order valence-electron chi connectivity index (χ4n) is 1.41. The van der Waals surface area contributed by atoms with Gasteiger partial charge in [0, 0.05) is 30.1 Å². The van der Waals surface area contributed by atoms with Crippen molar-refractivity contribution in [3.05, 3.63) is 34.2 Å². The summed E-state index contributed by atoms with van der Waals surface area (Å²) in [6.45, 7) is 2.01. The van der Waals surface area contributed by atoms with Gasteiger partial charge in [0.05, 0.1) is 5.69 Å². The third-order valence-corrected chi connectivity index (χ3v) is 3.76. The van der Waals surface area contributed by atoms with Crippen LogP contribution in [-0.4, -0.2) is 19.1 Å². The summed E-state index contributed by atoms with van der Waals surface area (Å²) in [5, 5.41) is 3.88. The number of aryl methyl sites for hydroxylation is 1. The lowest BCUT2D eigenvalue weighted by Gasteiger charge is -2.05. The average molecular weight is 253 g/mol. The molecule has 2 nitrogen and oxygen atoms in total. The van der Waals surface area contributed by atoms with Gasteiger partial charge in [0.2, 0.25) is 0 Å². The summed E-state index contributed by atoms with van der Waals surface area (Å²) in [6, 6.07) is 5.99. The zero-order valence-electron chi connectivity index (χ0n) is 9.49. The predicted octanol–water partition coefficient (Wildman–Crippen LogP) is 3.84. The summed E-state index contributed by atoms with van der Waals surface area (Å²) in [4.78, 5) is 6.56. The second-order valence-corrected chi connectivity index (χ2v) is 5.12. The van der Waals surface area contributed by atoms with Crippen molar-refractivity contribution < 1.29 is 0 Å². The Kier molecular flexibility index (Phi) is 3.17. The molecule has 2 rings (SSSR count). The standard InChI is InChI=1S/C12H13ClN2S/c1-8-6-9(4-5-10(8)13)11-7-16-12(14-11)15(2)3/h4-7H,1-3H3. The van der Waals surface area contributed by atoms with Crippen LogP contribution in [0.1, 0.15) is 5.56 Å². The summed E-state index contributed by atoms with van der Waals surface area (Å²) in [5.74, 6) is 0. The third-order valence-electron chi connectivity index (χ3n) is 2.33. The van der Waals surface area contributed by atoms with E-state index in [1.165, 1.54) is 0 Å². The quantitative estimate of drug-likeness (QED) is 0.807. The topological polar surface area (TPSA) is 16.1 Å². The van der Waals surface area contributed by atoms with Crippen molar-refractivity contribution in [3.8, 4) is 11.3 Å². The Balaban J connectivity index is 2.39. The SMILES string of the molecule is Cc1cc(-c2csc(N(C)C)n2)ccc1Cl. The monoisotopic (exact) mass is 252 g/mol. The van der Waals surface area contributed by atoms with Crippen LogP contribution in [0.15, 0.2) is 23.6 Å². The van der Waals surface area contributed by atoms with Gasteiger partial charge in [-0.1, -0.05) is 17.7 Å². The first-order chi connectivity index (χ1) is 7.58. The van der Waals surface area contributed by atoms with Gasteiger partial charge in [-0.25, -0.2) is 4.98 Å². The summed E-state index contributed by atoms with van der Waals surface area (Å²) >= 11 is 7.64. The maximum atomic E-state index is 6.00. The number of rotatable bonds is 2. The lowest BCUT2D eigenvalue weighted by molar-refractivity contribution is 1.11. The Morgan fingerprint density at radius 2 is 2.06 bits per heavy atom. The highest BCUT2D eigenvalue weighted by Gasteiger charge is 2.06. The van der Waals surface area contributed by atoms with Gasteiger partial charge in [0.15, 0.2) is 5.13 Å². The Hall–Kier alpha value is -1.06. The fraction of sp³-hybridized carbons (Fsp3) is 0.250. The highest BCUT2D eigenvalue weighted by molar-refractivity contribution is 7.14. The van der Waals surface area contributed by atoms with Crippen LogP contribution in [0.5, 0.6) is 0 Å². The number of anilines is 1. The molecular weight excluding hydrogens is 240 g/mol. The fourth-order valence-corrected chi connectivity index (χ4v) is 2.29. The predicted molar refractivity (Wildman–Crippen MR) is 71.6 cm³/mol. The molecule has 1 aromatic heterocycles. The molecular formula is C12H13ClN2S. The number of hydrogen-bond acceptors (Lipinski definition) is 3. The third kappa shape index (κ3) is 2.20. The molecule has 2 aromatic rings. The molecule has 0 fully saturated rings. The molecule has 0 N–H and O–H groups in total. The Morgan fingerprint density at radius 3 is 2.62 bits per heavy atom. The normalized spacial score (nSPS) is 10.5. The molecule has 1 heterocycles. The largest absolute Gasteiger partial charge is 0.354 e. The van der Waals surface area contributed by atoms with Crippen molar-refractivity contribution in [2.45, 2.75) is 6.92 Å². The van der Waals surface area contributed by atoms with Crippen molar-refractivity contribution in [1.82, 2.24) is 4.98 Å². The van der Waals surface area contributed by atoms with E-state index < -0.39 is 0 Å². The van der Waals surface area contributed by atoms with E-state index in [1.54, 1.807) is 11.3 Å². The first-order valence-electron chi connectivity index (χ1n) is 4.97. The second-order valence-electron chi connectivity index (χ2n) is 3.87. The van der Waals surface area contributed by atoms with Crippen molar-refractivity contribution >= 4 is 28.1 Å². The molecule has 0 unspecified atom stereocenters. The van der Waals surface area contributed by atoms with Crippen LogP contribution in [0.4, 0.5) is 5.13 Å². The van der Waals surface area contributed by atoms with E-state index in [0.717, 1.165) is 27.0 Å². The number of hydrogen-bond donors (Lipinski definition) is 0. The molecule has 0 aliphatic carbocycles. The molecule has 0 spiro atoms. The molecule has 84 valence electrons. The lowest BCUT2D eigenvalue weighted by Crippen LogP contribution is -2.07. The zero-order chi connectivity index (χ0) is 11.7. The van der Waals surface area contributed by atoms with Gasteiger partial charge < -0.3 is 4.90 Å². The number of halogens is 1. The smallest absolute Gasteiger partial charge is 0.185 e. The van der Waals surface area contributed by atoms with Gasteiger partial charge in [-0.3, -0.25) is 0 Å². The molecule has 16 heavy (non-hydrogen) atoms. The second kappa shape index (κ2) is 4.44. The number of aromatic nitrogens is 1. The van der Waals surface area contributed by atoms with Gasteiger partial charge in [0.25, 0.3) is 0 Å².